The molecule has 0 fully saturated rings. The largest absolute Gasteiger partial charge is 0.478 e. The Morgan fingerprint density at radius 2 is 0.964 bits per heavy atom. The molecule has 0 atom stereocenters. The first-order valence-electron chi connectivity index (χ1n) is 7.35. The number of carbonyl (C=O) groups excluding carboxylic acids is 2. The van der Waals surface area contributed by atoms with Gasteiger partial charge in [-0.05, 0) is 56.1 Å². The van der Waals surface area contributed by atoms with Gasteiger partial charge in [-0.3, -0.25) is 0 Å². The van der Waals surface area contributed by atoms with E-state index < -0.39 is 23.9 Å². The van der Waals surface area contributed by atoms with Crippen LogP contribution in [0, 0.1) is 0 Å². The van der Waals surface area contributed by atoms with E-state index in [1.54, 1.807) is 18.2 Å². The average molecular weight is 518 g/mol. The Balaban J connectivity index is 0.000000283. The molecular formula is C18H14Br2O8. The van der Waals surface area contributed by atoms with E-state index in [0.29, 0.717) is 15.6 Å². The average Bonchev–Trinajstić information content (AvgIpc) is 2.67. The zero-order valence-corrected chi connectivity index (χ0v) is 17.7. The lowest BCUT2D eigenvalue weighted by molar-refractivity contribution is 0.0593. The molecule has 0 bridgehead atoms. The van der Waals surface area contributed by atoms with E-state index in [-0.39, 0.29) is 15.6 Å². The first-order chi connectivity index (χ1) is 13.1. The summed E-state index contributed by atoms with van der Waals surface area (Å²) in [6, 6.07) is 8.75. The molecule has 2 aromatic rings. The molecule has 0 spiro atoms. The number of hydrogen-bond acceptors (Lipinski definition) is 6. The van der Waals surface area contributed by atoms with E-state index >= 15 is 0 Å². The Morgan fingerprint density at radius 1 is 0.679 bits per heavy atom. The molecule has 0 aliphatic carbocycles. The van der Waals surface area contributed by atoms with Crippen molar-refractivity contribution in [2.45, 2.75) is 0 Å². The van der Waals surface area contributed by atoms with Gasteiger partial charge in [-0.25, -0.2) is 19.2 Å². The summed E-state index contributed by atoms with van der Waals surface area (Å²) in [5.74, 6) is -3.33. The fourth-order valence-corrected chi connectivity index (χ4v) is 3.12. The second kappa shape index (κ2) is 10.6. The summed E-state index contributed by atoms with van der Waals surface area (Å²) in [7, 11) is 2.55. The molecule has 2 rings (SSSR count). The number of carbonyl (C=O) groups is 4. The van der Waals surface area contributed by atoms with Crippen molar-refractivity contribution in [2.75, 3.05) is 14.2 Å². The third kappa shape index (κ3) is 5.64. The molecule has 2 N–H and O–H groups in total. The zero-order chi connectivity index (χ0) is 21.4. The van der Waals surface area contributed by atoms with Crippen molar-refractivity contribution in [3.05, 3.63) is 67.6 Å². The molecule has 0 heterocycles. The van der Waals surface area contributed by atoms with Crippen LogP contribution in [0.2, 0.25) is 0 Å². The number of methoxy groups -OCH3 is 2. The van der Waals surface area contributed by atoms with Crippen LogP contribution in [-0.4, -0.2) is 48.3 Å². The van der Waals surface area contributed by atoms with Crippen LogP contribution < -0.4 is 0 Å². The monoisotopic (exact) mass is 516 g/mol. The van der Waals surface area contributed by atoms with Crippen molar-refractivity contribution in [3.63, 3.8) is 0 Å². The zero-order valence-electron chi connectivity index (χ0n) is 14.6. The standard InChI is InChI=1S/C10H9BrO4.C8H5BrO4/c1-14-9(12)6-4-3-5-7(8(6)11)10(13)15-2;9-6-4(7(10)11)2-1-3-5(6)8(12)13/h3-5H,1-2H3;1-3H,(H,10,11)(H,12,13). The van der Waals surface area contributed by atoms with Gasteiger partial charge in [-0.1, -0.05) is 12.1 Å². The molecule has 0 amide bonds. The van der Waals surface area contributed by atoms with Gasteiger partial charge in [-0.2, -0.15) is 0 Å². The molecule has 148 valence electrons. The number of esters is 2. The predicted molar refractivity (Wildman–Crippen MR) is 105 cm³/mol. The highest BCUT2D eigenvalue weighted by molar-refractivity contribution is 9.11. The molecular weight excluding hydrogens is 504 g/mol. The molecule has 0 saturated carbocycles. The van der Waals surface area contributed by atoms with Crippen molar-refractivity contribution < 1.29 is 38.9 Å². The smallest absolute Gasteiger partial charge is 0.339 e. The number of halogens is 2. The van der Waals surface area contributed by atoms with E-state index in [9.17, 15) is 19.2 Å². The third-order valence-electron chi connectivity index (χ3n) is 3.27. The van der Waals surface area contributed by atoms with Crippen LogP contribution in [0.4, 0.5) is 0 Å². The summed E-state index contributed by atoms with van der Waals surface area (Å²) in [5.41, 5.74) is 0.473. The first-order valence-corrected chi connectivity index (χ1v) is 8.94. The van der Waals surface area contributed by atoms with Gasteiger partial charge in [0.1, 0.15) is 0 Å². The number of ether oxygens (including phenoxy) is 2. The van der Waals surface area contributed by atoms with Crippen LogP contribution in [0.25, 0.3) is 0 Å². The maximum absolute atomic E-state index is 11.3. The lowest BCUT2D eigenvalue weighted by Crippen LogP contribution is -2.08. The maximum atomic E-state index is 11.3. The Labute approximate surface area is 176 Å². The van der Waals surface area contributed by atoms with Crippen LogP contribution in [0.5, 0.6) is 0 Å². The minimum Gasteiger partial charge on any atom is -0.478 e. The van der Waals surface area contributed by atoms with Crippen molar-refractivity contribution >= 4 is 55.7 Å². The Bertz CT molecular complexity index is 857. The summed E-state index contributed by atoms with van der Waals surface area (Å²) < 4.78 is 9.60. The van der Waals surface area contributed by atoms with Crippen LogP contribution in [0.15, 0.2) is 45.3 Å². The van der Waals surface area contributed by atoms with Gasteiger partial charge in [0.2, 0.25) is 0 Å². The topological polar surface area (TPSA) is 127 Å². The number of rotatable bonds is 4. The van der Waals surface area contributed by atoms with Gasteiger partial charge < -0.3 is 19.7 Å². The fourth-order valence-electron chi connectivity index (χ4n) is 1.93. The van der Waals surface area contributed by atoms with Crippen molar-refractivity contribution in [1.29, 1.82) is 0 Å². The Hall–Kier alpha value is -2.72. The van der Waals surface area contributed by atoms with Crippen LogP contribution >= 0.6 is 31.9 Å². The molecule has 10 heteroatoms. The molecule has 2 aromatic carbocycles. The lowest BCUT2D eigenvalue weighted by atomic mass is 10.1. The molecule has 28 heavy (non-hydrogen) atoms. The second-order valence-corrected chi connectivity index (χ2v) is 6.51. The Kier molecular flexibility index (Phi) is 8.80. The SMILES string of the molecule is COC(=O)c1cccc(C(=O)OC)c1Br.O=C(O)c1cccc(C(=O)O)c1Br. The van der Waals surface area contributed by atoms with Crippen molar-refractivity contribution in [1.82, 2.24) is 0 Å². The van der Waals surface area contributed by atoms with Crippen LogP contribution in [0.1, 0.15) is 41.4 Å². The minimum absolute atomic E-state index is 0.0556. The molecule has 0 aromatic heterocycles. The van der Waals surface area contributed by atoms with Crippen LogP contribution in [-0.2, 0) is 9.47 Å². The van der Waals surface area contributed by atoms with E-state index in [1.165, 1.54) is 32.4 Å². The summed E-state index contributed by atoms with van der Waals surface area (Å²) in [4.78, 5) is 43.7. The van der Waals surface area contributed by atoms with Gasteiger partial charge in [0.15, 0.2) is 0 Å². The molecule has 0 saturated heterocycles. The second-order valence-electron chi connectivity index (χ2n) is 4.93. The maximum Gasteiger partial charge on any atom is 0.339 e. The highest BCUT2D eigenvalue weighted by Crippen LogP contribution is 2.23. The molecule has 0 aliphatic heterocycles. The van der Waals surface area contributed by atoms with Gasteiger partial charge in [-0.15, -0.1) is 0 Å². The van der Waals surface area contributed by atoms with Crippen molar-refractivity contribution in [2.24, 2.45) is 0 Å². The first kappa shape index (κ1) is 23.3. The van der Waals surface area contributed by atoms with Crippen molar-refractivity contribution in [3.8, 4) is 0 Å². The Morgan fingerprint density at radius 3 is 1.25 bits per heavy atom. The van der Waals surface area contributed by atoms with Crippen LogP contribution in [0.3, 0.4) is 0 Å². The van der Waals surface area contributed by atoms with Gasteiger partial charge in [0.25, 0.3) is 0 Å². The highest BCUT2D eigenvalue weighted by Gasteiger charge is 2.17. The summed E-state index contributed by atoms with van der Waals surface area (Å²) in [5, 5.41) is 17.3. The highest BCUT2D eigenvalue weighted by atomic mass is 79.9. The van der Waals surface area contributed by atoms with Gasteiger partial charge in [0, 0.05) is 8.95 Å². The summed E-state index contributed by atoms with van der Waals surface area (Å²) in [6.07, 6.45) is 0. The molecule has 0 aliphatic rings. The number of aromatic carboxylic acids is 2. The summed E-state index contributed by atoms with van der Waals surface area (Å²) >= 11 is 6.08. The van der Waals surface area contributed by atoms with E-state index in [0.717, 1.165) is 0 Å². The third-order valence-corrected chi connectivity index (χ3v) is 4.98. The molecule has 8 nitrogen and oxygen atoms in total. The van der Waals surface area contributed by atoms with E-state index in [2.05, 4.69) is 41.3 Å². The fraction of sp³-hybridized carbons (Fsp3) is 0.111. The van der Waals surface area contributed by atoms with Gasteiger partial charge >= 0.3 is 23.9 Å². The molecule has 0 radical (unpaired) electrons. The number of hydrogen-bond donors (Lipinski definition) is 2. The number of benzene rings is 2. The summed E-state index contributed by atoms with van der Waals surface area (Å²) in [6.45, 7) is 0. The minimum atomic E-state index is -1.16. The lowest BCUT2D eigenvalue weighted by Gasteiger charge is -2.06. The normalized spacial score (nSPS) is 9.57. The predicted octanol–water partition coefficient (Wildman–Crippen LogP) is 3.87. The quantitative estimate of drug-likeness (QED) is 0.585. The number of carboxylic acid groups (broad SMARTS) is 2. The van der Waals surface area contributed by atoms with E-state index in [4.69, 9.17) is 10.2 Å². The molecule has 0 unspecified atom stereocenters. The van der Waals surface area contributed by atoms with Gasteiger partial charge in [0.05, 0.1) is 36.5 Å². The van der Waals surface area contributed by atoms with E-state index in [1.807, 2.05) is 0 Å². The number of carboxylic acids is 2.